The SMILES string of the molecule is C=C1CC[C@H](CC[C@@H](O)CC)N1C. The molecule has 1 fully saturated rings. The fraction of sp³-hybridized carbons (Fsp3) is 0.818. The van der Waals surface area contributed by atoms with Gasteiger partial charge in [0, 0.05) is 18.8 Å². The first-order chi connectivity index (χ1) is 6.15. The first-order valence-corrected chi connectivity index (χ1v) is 5.23. The smallest absolute Gasteiger partial charge is 0.0538 e. The van der Waals surface area contributed by atoms with E-state index in [1.165, 1.54) is 12.1 Å². The Bertz CT molecular complexity index is 179. The molecule has 0 aliphatic carbocycles. The summed E-state index contributed by atoms with van der Waals surface area (Å²) in [4.78, 5) is 2.27. The average Bonchev–Trinajstić information content (AvgIpc) is 2.44. The third kappa shape index (κ3) is 2.73. The van der Waals surface area contributed by atoms with Gasteiger partial charge < -0.3 is 10.0 Å². The monoisotopic (exact) mass is 183 g/mol. The number of hydrogen-bond donors (Lipinski definition) is 1. The summed E-state index contributed by atoms with van der Waals surface area (Å²) in [6.07, 6.45) is 5.14. The Balaban J connectivity index is 2.26. The van der Waals surface area contributed by atoms with E-state index in [2.05, 4.69) is 18.5 Å². The number of likely N-dealkylation sites (tertiary alicyclic amines) is 1. The maximum absolute atomic E-state index is 9.43. The molecule has 0 bridgehead atoms. The maximum Gasteiger partial charge on any atom is 0.0538 e. The lowest BCUT2D eigenvalue weighted by atomic mass is 10.0. The predicted molar refractivity (Wildman–Crippen MR) is 55.5 cm³/mol. The van der Waals surface area contributed by atoms with Crippen LogP contribution in [0, 0.1) is 0 Å². The van der Waals surface area contributed by atoms with Crippen LogP contribution < -0.4 is 0 Å². The van der Waals surface area contributed by atoms with Crippen LogP contribution in [0.2, 0.25) is 0 Å². The van der Waals surface area contributed by atoms with Crippen molar-refractivity contribution in [2.45, 2.75) is 51.2 Å². The van der Waals surface area contributed by atoms with E-state index in [4.69, 9.17) is 0 Å². The van der Waals surface area contributed by atoms with Gasteiger partial charge in [-0.05, 0) is 32.1 Å². The molecule has 0 aromatic carbocycles. The number of allylic oxidation sites excluding steroid dienone is 1. The largest absolute Gasteiger partial charge is 0.393 e. The van der Waals surface area contributed by atoms with E-state index in [9.17, 15) is 5.11 Å². The lowest BCUT2D eigenvalue weighted by Crippen LogP contribution is -2.24. The molecule has 0 saturated carbocycles. The Labute approximate surface area is 81.2 Å². The highest BCUT2D eigenvalue weighted by molar-refractivity contribution is 5.02. The fourth-order valence-electron chi connectivity index (χ4n) is 1.89. The summed E-state index contributed by atoms with van der Waals surface area (Å²) in [6.45, 7) is 6.03. The normalized spacial score (nSPS) is 25.3. The third-order valence-electron chi connectivity index (χ3n) is 3.12. The van der Waals surface area contributed by atoms with Crippen LogP contribution in [0.5, 0.6) is 0 Å². The van der Waals surface area contributed by atoms with Crippen molar-refractivity contribution < 1.29 is 5.11 Å². The Hall–Kier alpha value is -0.500. The zero-order valence-electron chi connectivity index (χ0n) is 8.79. The van der Waals surface area contributed by atoms with Crippen molar-refractivity contribution in [3.63, 3.8) is 0 Å². The molecule has 0 radical (unpaired) electrons. The molecule has 1 aliphatic rings. The van der Waals surface area contributed by atoms with Crippen LogP contribution in [0.4, 0.5) is 0 Å². The second-order valence-electron chi connectivity index (χ2n) is 4.01. The van der Waals surface area contributed by atoms with Crippen LogP contribution in [0.25, 0.3) is 0 Å². The topological polar surface area (TPSA) is 23.5 Å². The molecule has 2 heteroatoms. The zero-order valence-corrected chi connectivity index (χ0v) is 8.79. The van der Waals surface area contributed by atoms with Gasteiger partial charge in [-0.25, -0.2) is 0 Å². The molecule has 1 saturated heterocycles. The van der Waals surface area contributed by atoms with Gasteiger partial charge >= 0.3 is 0 Å². The quantitative estimate of drug-likeness (QED) is 0.722. The summed E-state index contributed by atoms with van der Waals surface area (Å²) in [5.74, 6) is 0. The minimum Gasteiger partial charge on any atom is -0.393 e. The van der Waals surface area contributed by atoms with Crippen molar-refractivity contribution >= 4 is 0 Å². The van der Waals surface area contributed by atoms with Crippen LogP contribution >= 0.6 is 0 Å². The molecular formula is C11H21NO. The van der Waals surface area contributed by atoms with Crippen LogP contribution in [-0.4, -0.2) is 29.2 Å². The first-order valence-electron chi connectivity index (χ1n) is 5.23. The molecule has 2 nitrogen and oxygen atoms in total. The van der Waals surface area contributed by atoms with Crippen molar-refractivity contribution in [3.05, 3.63) is 12.3 Å². The molecule has 1 N–H and O–H groups in total. The lowest BCUT2D eigenvalue weighted by molar-refractivity contribution is 0.147. The van der Waals surface area contributed by atoms with Crippen molar-refractivity contribution in [1.29, 1.82) is 0 Å². The van der Waals surface area contributed by atoms with Gasteiger partial charge in [0.15, 0.2) is 0 Å². The van der Waals surface area contributed by atoms with Gasteiger partial charge in [0.1, 0.15) is 0 Å². The Morgan fingerprint density at radius 1 is 1.69 bits per heavy atom. The van der Waals surface area contributed by atoms with Gasteiger partial charge in [0.2, 0.25) is 0 Å². The van der Waals surface area contributed by atoms with Gasteiger partial charge in [0.25, 0.3) is 0 Å². The molecule has 1 heterocycles. The van der Waals surface area contributed by atoms with Gasteiger partial charge in [-0.3, -0.25) is 0 Å². The molecule has 0 aromatic rings. The van der Waals surface area contributed by atoms with E-state index in [0.717, 1.165) is 25.7 Å². The molecule has 0 aromatic heterocycles. The van der Waals surface area contributed by atoms with E-state index in [0.29, 0.717) is 6.04 Å². The number of aliphatic hydroxyl groups is 1. The van der Waals surface area contributed by atoms with E-state index < -0.39 is 0 Å². The Kier molecular flexibility index (Phi) is 3.79. The Morgan fingerprint density at radius 3 is 2.85 bits per heavy atom. The number of nitrogens with zero attached hydrogens (tertiary/aromatic N) is 1. The summed E-state index contributed by atoms with van der Waals surface area (Å²) >= 11 is 0. The first kappa shape index (κ1) is 10.6. The van der Waals surface area contributed by atoms with E-state index >= 15 is 0 Å². The van der Waals surface area contributed by atoms with E-state index in [1.54, 1.807) is 0 Å². The zero-order chi connectivity index (χ0) is 9.84. The highest BCUT2D eigenvalue weighted by Crippen LogP contribution is 2.27. The van der Waals surface area contributed by atoms with Crippen LogP contribution in [0.3, 0.4) is 0 Å². The predicted octanol–water partition coefficient (Wildman–Crippen LogP) is 2.15. The van der Waals surface area contributed by atoms with Gasteiger partial charge in [-0.2, -0.15) is 0 Å². The minimum atomic E-state index is -0.109. The molecular weight excluding hydrogens is 162 g/mol. The lowest BCUT2D eigenvalue weighted by Gasteiger charge is -2.23. The Morgan fingerprint density at radius 2 is 2.38 bits per heavy atom. The summed E-state index contributed by atoms with van der Waals surface area (Å²) in [6, 6.07) is 0.619. The molecule has 1 aliphatic heterocycles. The molecule has 0 amide bonds. The van der Waals surface area contributed by atoms with Crippen LogP contribution in [0.15, 0.2) is 12.3 Å². The number of rotatable bonds is 4. The third-order valence-corrected chi connectivity index (χ3v) is 3.12. The second kappa shape index (κ2) is 4.66. The molecule has 1 rings (SSSR count). The molecule has 76 valence electrons. The van der Waals surface area contributed by atoms with Crippen molar-refractivity contribution in [1.82, 2.24) is 4.90 Å². The average molecular weight is 183 g/mol. The van der Waals surface area contributed by atoms with Gasteiger partial charge in [-0.1, -0.05) is 13.5 Å². The molecule has 0 spiro atoms. The van der Waals surface area contributed by atoms with E-state index in [1.807, 2.05) is 6.92 Å². The highest BCUT2D eigenvalue weighted by atomic mass is 16.3. The molecule has 2 atom stereocenters. The van der Waals surface area contributed by atoms with E-state index in [-0.39, 0.29) is 6.10 Å². The van der Waals surface area contributed by atoms with Crippen molar-refractivity contribution in [2.24, 2.45) is 0 Å². The maximum atomic E-state index is 9.43. The summed E-state index contributed by atoms with van der Waals surface area (Å²) < 4.78 is 0. The summed E-state index contributed by atoms with van der Waals surface area (Å²) in [5, 5.41) is 9.43. The van der Waals surface area contributed by atoms with Gasteiger partial charge in [-0.15, -0.1) is 0 Å². The second-order valence-corrected chi connectivity index (χ2v) is 4.01. The van der Waals surface area contributed by atoms with Crippen LogP contribution in [0.1, 0.15) is 39.0 Å². The standard InChI is InChI=1S/C11H21NO/c1-4-11(13)8-7-10-6-5-9(2)12(10)3/h10-11,13H,2,4-8H2,1,3H3/t10-,11+/m1/s1. The molecule has 0 unspecified atom stereocenters. The number of aliphatic hydroxyl groups excluding tert-OH is 1. The van der Waals surface area contributed by atoms with Gasteiger partial charge in [0.05, 0.1) is 6.10 Å². The molecule has 13 heavy (non-hydrogen) atoms. The summed E-state index contributed by atoms with van der Waals surface area (Å²) in [7, 11) is 2.11. The van der Waals surface area contributed by atoms with Crippen LogP contribution in [-0.2, 0) is 0 Å². The summed E-state index contributed by atoms with van der Waals surface area (Å²) in [5.41, 5.74) is 1.25. The van der Waals surface area contributed by atoms with Crippen molar-refractivity contribution in [3.8, 4) is 0 Å². The highest BCUT2D eigenvalue weighted by Gasteiger charge is 2.23. The number of hydrogen-bond acceptors (Lipinski definition) is 2. The van der Waals surface area contributed by atoms with Crippen molar-refractivity contribution in [2.75, 3.05) is 7.05 Å². The fourth-order valence-corrected chi connectivity index (χ4v) is 1.89. The minimum absolute atomic E-state index is 0.109.